The van der Waals surface area contributed by atoms with Gasteiger partial charge in [0.25, 0.3) is 6.43 Å². The van der Waals surface area contributed by atoms with Crippen LogP contribution in [-0.4, -0.2) is 22.8 Å². The summed E-state index contributed by atoms with van der Waals surface area (Å²) in [7, 11) is 0. The molecule has 6 heteroatoms. The van der Waals surface area contributed by atoms with Crippen molar-refractivity contribution >= 4 is 5.97 Å². The molecule has 1 atom stereocenters. The predicted octanol–water partition coefficient (Wildman–Crippen LogP) is 2.23. The largest absolute Gasteiger partial charge is 0.507 e. The number of rotatable bonds is 4. The van der Waals surface area contributed by atoms with Crippen molar-refractivity contribution in [1.29, 1.82) is 0 Å². The van der Waals surface area contributed by atoms with Gasteiger partial charge in [0, 0.05) is 5.56 Å². The lowest BCUT2D eigenvalue weighted by Crippen LogP contribution is -2.16. The number of hydrogen-bond acceptors (Lipinski definition) is 4. The van der Waals surface area contributed by atoms with Crippen LogP contribution in [0.4, 0.5) is 8.78 Å². The number of alkyl halides is 2. The Balaban J connectivity index is 3.20. The zero-order chi connectivity index (χ0) is 13.9. The van der Waals surface area contributed by atoms with E-state index in [4.69, 9.17) is 0 Å². The van der Waals surface area contributed by atoms with Crippen molar-refractivity contribution in [2.24, 2.45) is 0 Å². The van der Waals surface area contributed by atoms with Gasteiger partial charge in [-0.3, -0.25) is 0 Å². The van der Waals surface area contributed by atoms with Crippen LogP contribution < -0.4 is 0 Å². The van der Waals surface area contributed by atoms with Gasteiger partial charge < -0.3 is 14.9 Å². The average molecular weight is 260 g/mol. The second-order valence-corrected chi connectivity index (χ2v) is 3.75. The van der Waals surface area contributed by atoms with Crippen LogP contribution in [0.5, 0.6) is 5.75 Å². The van der Waals surface area contributed by atoms with E-state index in [0.717, 1.165) is 6.07 Å². The molecule has 18 heavy (non-hydrogen) atoms. The molecule has 1 rings (SSSR count). The number of carbonyl (C=O) groups excluding carboxylic acids is 1. The molecule has 0 bridgehead atoms. The molecule has 1 unspecified atom stereocenters. The molecule has 0 aliphatic rings. The Kier molecular flexibility index (Phi) is 4.61. The summed E-state index contributed by atoms with van der Waals surface area (Å²) in [5.41, 5.74) is -0.487. The van der Waals surface area contributed by atoms with Gasteiger partial charge in [0.2, 0.25) is 0 Å². The first-order chi connectivity index (χ1) is 8.38. The first-order valence-corrected chi connectivity index (χ1v) is 5.34. The maximum atomic E-state index is 12.6. The number of aryl methyl sites for hydroxylation is 1. The molecule has 0 aliphatic heterocycles. The molecule has 0 heterocycles. The first kappa shape index (κ1) is 14.4. The molecule has 0 fully saturated rings. The molecular weight excluding hydrogens is 246 g/mol. The molecule has 0 aliphatic carbocycles. The first-order valence-electron chi connectivity index (χ1n) is 5.34. The van der Waals surface area contributed by atoms with Crippen molar-refractivity contribution in [3.63, 3.8) is 0 Å². The third kappa shape index (κ3) is 2.95. The number of halogens is 2. The van der Waals surface area contributed by atoms with Crippen LogP contribution in [-0.2, 0) is 9.53 Å². The van der Waals surface area contributed by atoms with Gasteiger partial charge in [-0.2, -0.15) is 0 Å². The van der Waals surface area contributed by atoms with Crippen LogP contribution in [0.3, 0.4) is 0 Å². The number of carbonyl (C=O) groups is 1. The molecule has 4 nitrogen and oxygen atoms in total. The highest BCUT2D eigenvalue weighted by Crippen LogP contribution is 2.35. The van der Waals surface area contributed by atoms with Crippen molar-refractivity contribution in [3.05, 3.63) is 28.8 Å². The van der Waals surface area contributed by atoms with Crippen molar-refractivity contribution in [3.8, 4) is 5.75 Å². The molecule has 0 spiro atoms. The minimum absolute atomic E-state index is 0.0458. The van der Waals surface area contributed by atoms with Gasteiger partial charge >= 0.3 is 5.97 Å². The minimum Gasteiger partial charge on any atom is -0.507 e. The van der Waals surface area contributed by atoms with Crippen molar-refractivity contribution < 1.29 is 28.5 Å². The number of aliphatic hydroxyl groups excluding tert-OH is 1. The van der Waals surface area contributed by atoms with Gasteiger partial charge in [0.1, 0.15) is 5.75 Å². The van der Waals surface area contributed by atoms with E-state index in [2.05, 4.69) is 4.74 Å². The summed E-state index contributed by atoms with van der Waals surface area (Å²) in [5, 5.41) is 19.3. The Hall–Kier alpha value is -1.69. The lowest BCUT2D eigenvalue weighted by Gasteiger charge is -2.15. The number of hydrogen-bond donors (Lipinski definition) is 2. The Morgan fingerprint density at radius 3 is 2.44 bits per heavy atom. The van der Waals surface area contributed by atoms with E-state index in [0.29, 0.717) is 5.56 Å². The topological polar surface area (TPSA) is 66.8 Å². The number of phenols is 1. The van der Waals surface area contributed by atoms with Gasteiger partial charge in [-0.1, -0.05) is 0 Å². The van der Waals surface area contributed by atoms with E-state index in [1.807, 2.05) is 0 Å². The average Bonchev–Trinajstić information content (AvgIpc) is 2.30. The highest BCUT2D eigenvalue weighted by molar-refractivity contribution is 5.77. The lowest BCUT2D eigenvalue weighted by atomic mass is 10.0. The zero-order valence-electron chi connectivity index (χ0n) is 9.98. The number of ether oxygens (including phenoxy) is 1. The smallest absolute Gasteiger partial charge is 0.339 e. The molecule has 0 aromatic heterocycles. The molecular formula is C12H14F2O4. The number of phenolic OH excluding ortho intramolecular Hbond substituents is 1. The normalized spacial score (nSPS) is 12.6. The minimum atomic E-state index is -2.89. The molecule has 0 radical (unpaired) electrons. The fourth-order valence-corrected chi connectivity index (χ4v) is 1.56. The van der Waals surface area contributed by atoms with E-state index in [1.165, 1.54) is 13.0 Å². The highest BCUT2D eigenvalue weighted by Gasteiger charge is 2.26. The molecule has 100 valence electrons. The number of aliphatic hydroxyl groups is 1. The van der Waals surface area contributed by atoms with E-state index < -0.39 is 29.8 Å². The standard InChI is InChI=1S/C12H14F2O4/c1-3-18-12(17)10(16)7-4-6(2)5-8(9(7)15)11(13)14/h4-5,10-11,15-16H,3H2,1-2H3. The summed E-state index contributed by atoms with van der Waals surface area (Å²) >= 11 is 0. The number of esters is 1. The van der Waals surface area contributed by atoms with Gasteiger partial charge in [0.15, 0.2) is 6.10 Å². The van der Waals surface area contributed by atoms with E-state index in [1.54, 1.807) is 6.92 Å². The van der Waals surface area contributed by atoms with Crippen LogP contribution in [0, 0.1) is 6.92 Å². The second-order valence-electron chi connectivity index (χ2n) is 3.75. The van der Waals surface area contributed by atoms with Crippen LogP contribution >= 0.6 is 0 Å². The van der Waals surface area contributed by atoms with E-state index in [-0.39, 0.29) is 12.2 Å². The van der Waals surface area contributed by atoms with Crippen LogP contribution in [0.2, 0.25) is 0 Å². The maximum absolute atomic E-state index is 12.6. The second kappa shape index (κ2) is 5.77. The van der Waals surface area contributed by atoms with E-state index in [9.17, 15) is 23.8 Å². The van der Waals surface area contributed by atoms with Crippen molar-refractivity contribution in [1.82, 2.24) is 0 Å². The molecule has 0 amide bonds. The van der Waals surface area contributed by atoms with Crippen LogP contribution in [0.1, 0.15) is 36.1 Å². The summed E-state index contributed by atoms with van der Waals surface area (Å²) in [4.78, 5) is 11.3. The molecule has 0 saturated heterocycles. The van der Waals surface area contributed by atoms with Gasteiger partial charge in [-0.15, -0.1) is 0 Å². The molecule has 1 aromatic rings. The Labute approximate surface area is 103 Å². The summed E-state index contributed by atoms with van der Waals surface area (Å²) in [5.74, 6) is -1.77. The Morgan fingerprint density at radius 2 is 1.94 bits per heavy atom. The third-order valence-corrected chi connectivity index (χ3v) is 2.35. The molecule has 0 saturated carbocycles. The Bertz CT molecular complexity index is 446. The third-order valence-electron chi connectivity index (χ3n) is 2.35. The lowest BCUT2D eigenvalue weighted by molar-refractivity contribution is -0.153. The number of aromatic hydroxyl groups is 1. The Morgan fingerprint density at radius 1 is 1.39 bits per heavy atom. The predicted molar refractivity (Wildman–Crippen MR) is 59.4 cm³/mol. The van der Waals surface area contributed by atoms with Crippen molar-refractivity contribution in [2.75, 3.05) is 6.61 Å². The van der Waals surface area contributed by atoms with Crippen LogP contribution in [0.15, 0.2) is 12.1 Å². The van der Waals surface area contributed by atoms with E-state index >= 15 is 0 Å². The van der Waals surface area contributed by atoms with Gasteiger partial charge in [-0.05, 0) is 31.5 Å². The highest BCUT2D eigenvalue weighted by atomic mass is 19.3. The zero-order valence-corrected chi connectivity index (χ0v) is 9.98. The quantitative estimate of drug-likeness (QED) is 0.815. The van der Waals surface area contributed by atoms with Crippen molar-refractivity contribution in [2.45, 2.75) is 26.4 Å². The maximum Gasteiger partial charge on any atom is 0.339 e. The summed E-state index contributed by atoms with van der Waals surface area (Å²) in [6, 6.07) is 2.37. The monoisotopic (exact) mass is 260 g/mol. The van der Waals surface area contributed by atoms with Gasteiger partial charge in [0.05, 0.1) is 12.2 Å². The van der Waals surface area contributed by atoms with Crippen LogP contribution in [0.25, 0.3) is 0 Å². The summed E-state index contributed by atoms with van der Waals surface area (Å²) in [6.45, 7) is 3.11. The fourth-order valence-electron chi connectivity index (χ4n) is 1.56. The fraction of sp³-hybridized carbons (Fsp3) is 0.417. The molecule has 1 aromatic carbocycles. The molecule has 2 N–H and O–H groups in total. The SMILES string of the molecule is CCOC(=O)C(O)c1cc(C)cc(C(F)F)c1O. The summed E-state index contributed by atoms with van der Waals surface area (Å²) < 4.78 is 29.9. The summed E-state index contributed by atoms with van der Waals surface area (Å²) in [6.07, 6.45) is -4.67. The van der Waals surface area contributed by atoms with Gasteiger partial charge in [-0.25, -0.2) is 13.6 Å². The number of benzene rings is 1.